The molecule has 7 amide bonds. The van der Waals surface area contributed by atoms with Crippen molar-refractivity contribution >= 4 is 70.3 Å². The molecular formula is C66H68N14O11. The van der Waals surface area contributed by atoms with Crippen LogP contribution in [0.1, 0.15) is 107 Å². The molecule has 4 aromatic carbocycles. The first-order chi connectivity index (χ1) is 44.0. The van der Waals surface area contributed by atoms with Crippen molar-refractivity contribution in [3.8, 4) is 57.7 Å². The number of aliphatic carboxylic acids is 1. The fraction of sp³-hybridized carbons (Fsp3) is 0.333. The van der Waals surface area contributed by atoms with Crippen LogP contribution in [0, 0.1) is 23.7 Å². The number of carboxylic acid groups (broad SMARTS) is 1. The maximum atomic E-state index is 13.0. The van der Waals surface area contributed by atoms with E-state index >= 15 is 0 Å². The predicted octanol–water partition coefficient (Wildman–Crippen LogP) is 3.96. The molecule has 25 heteroatoms. The summed E-state index contributed by atoms with van der Waals surface area (Å²) in [6.45, 7) is 6.45. The van der Waals surface area contributed by atoms with E-state index in [1.165, 1.54) is 9.80 Å². The number of hydrogen-bond donors (Lipinski definition) is 8. The SMILES string of the molecule is Nc1nnc(-c2ccccc2O)cc1N1CCN(C(=O)CCCC#Cc2cccc3c2CN(C2CCC(=O)NC2=O)C3=O)CC1.Nc1nnc(-c2ccccc2O)cc1N1CCNCC1.O=C(O)CCCC#Cc1cccc2c1CN(C1CCC(=O)NC1=O)C2=O. The van der Waals surface area contributed by atoms with Crippen molar-refractivity contribution in [1.29, 1.82) is 0 Å². The van der Waals surface area contributed by atoms with Crippen LogP contribution in [0.15, 0.2) is 97.1 Å². The van der Waals surface area contributed by atoms with Gasteiger partial charge in [0.05, 0.1) is 22.8 Å². The van der Waals surface area contributed by atoms with Crippen molar-refractivity contribution in [3.63, 3.8) is 0 Å². The summed E-state index contributed by atoms with van der Waals surface area (Å²) in [5, 5.41) is 53.0. The molecule has 2 atom stereocenters. The van der Waals surface area contributed by atoms with Crippen LogP contribution in [0.2, 0.25) is 0 Å². The molecule has 4 saturated heterocycles. The second-order valence-corrected chi connectivity index (χ2v) is 22.3. The first-order valence-corrected chi connectivity index (χ1v) is 30.1. The average molecular weight is 1230 g/mol. The highest BCUT2D eigenvalue weighted by Gasteiger charge is 2.41. The molecule has 2 aromatic heterocycles. The number of anilines is 4. The van der Waals surface area contributed by atoms with Crippen LogP contribution >= 0.6 is 0 Å². The molecule has 468 valence electrons. The van der Waals surface area contributed by atoms with Crippen LogP contribution in [-0.2, 0) is 41.9 Å². The number of piperidine rings is 2. The van der Waals surface area contributed by atoms with E-state index in [0.29, 0.717) is 122 Å². The number of para-hydroxylation sites is 2. The monoisotopic (exact) mass is 1230 g/mol. The summed E-state index contributed by atoms with van der Waals surface area (Å²) in [7, 11) is 0. The van der Waals surface area contributed by atoms with Gasteiger partial charge in [-0.1, -0.05) is 60.1 Å². The van der Waals surface area contributed by atoms with E-state index in [1.54, 1.807) is 54.6 Å². The molecule has 0 aliphatic carbocycles. The first kappa shape index (κ1) is 63.1. The number of rotatable bonds is 12. The largest absolute Gasteiger partial charge is 0.507 e. The Morgan fingerprint density at radius 2 is 0.989 bits per heavy atom. The molecule has 4 fully saturated rings. The lowest BCUT2D eigenvalue weighted by Crippen LogP contribution is -2.52. The van der Waals surface area contributed by atoms with Gasteiger partial charge in [-0.3, -0.25) is 49.0 Å². The number of benzene rings is 4. The van der Waals surface area contributed by atoms with Gasteiger partial charge in [-0.2, -0.15) is 0 Å². The Morgan fingerprint density at radius 1 is 0.549 bits per heavy atom. The van der Waals surface area contributed by atoms with Crippen molar-refractivity contribution in [2.24, 2.45) is 0 Å². The number of carboxylic acids is 1. The number of unbranched alkanes of at least 4 members (excludes halogenated alkanes) is 2. The molecule has 8 heterocycles. The molecule has 6 aromatic rings. The second-order valence-electron chi connectivity index (χ2n) is 22.3. The van der Waals surface area contributed by atoms with Gasteiger partial charge in [0.2, 0.25) is 29.5 Å². The van der Waals surface area contributed by atoms with Crippen molar-refractivity contribution < 1.29 is 53.7 Å². The molecule has 0 bridgehead atoms. The van der Waals surface area contributed by atoms with Gasteiger partial charge in [0.25, 0.3) is 11.8 Å². The number of nitrogens with zero attached hydrogens (tertiary/aromatic N) is 9. The van der Waals surface area contributed by atoms with Gasteiger partial charge >= 0.3 is 5.97 Å². The highest BCUT2D eigenvalue weighted by molar-refractivity contribution is 6.07. The van der Waals surface area contributed by atoms with Crippen molar-refractivity contribution in [2.75, 3.05) is 73.6 Å². The van der Waals surface area contributed by atoms with Crippen LogP contribution in [0.4, 0.5) is 23.0 Å². The molecule has 10 N–H and O–H groups in total. The third-order valence-electron chi connectivity index (χ3n) is 16.4. The van der Waals surface area contributed by atoms with E-state index in [4.69, 9.17) is 16.6 Å². The summed E-state index contributed by atoms with van der Waals surface area (Å²) in [4.78, 5) is 106. The van der Waals surface area contributed by atoms with Crippen LogP contribution in [0.5, 0.6) is 11.5 Å². The number of carbonyl (C=O) groups excluding carboxylic acids is 7. The average Bonchev–Trinajstić information content (AvgIpc) is 1.72. The maximum absolute atomic E-state index is 13.0. The summed E-state index contributed by atoms with van der Waals surface area (Å²) in [5.74, 6) is 10.5. The van der Waals surface area contributed by atoms with Crippen LogP contribution < -0.4 is 37.2 Å². The van der Waals surface area contributed by atoms with Gasteiger partial charge in [0, 0.05) is 137 Å². The topological polar surface area (TPSA) is 353 Å². The van der Waals surface area contributed by atoms with E-state index in [1.807, 2.05) is 47.4 Å². The molecule has 91 heavy (non-hydrogen) atoms. The van der Waals surface area contributed by atoms with Crippen LogP contribution in [0.25, 0.3) is 22.5 Å². The summed E-state index contributed by atoms with van der Waals surface area (Å²) in [6.07, 6.45) is 3.55. The molecule has 6 aliphatic rings. The highest BCUT2D eigenvalue weighted by atomic mass is 16.4. The van der Waals surface area contributed by atoms with E-state index < -0.39 is 29.9 Å². The Kier molecular flexibility index (Phi) is 20.1. The minimum absolute atomic E-state index is 0.0678. The minimum Gasteiger partial charge on any atom is -0.507 e. The fourth-order valence-corrected chi connectivity index (χ4v) is 11.6. The van der Waals surface area contributed by atoms with E-state index in [0.717, 1.165) is 54.2 Å². The molecule has 0 saturated carbocycles. The molecular weight excluding hydrogens is 1160 g/mol. The Labute approximate surface area is 524 Å². The molecule has 0 spiro atoms. The van der Waals surface area contributed by atoms with Crippen LogP contribution in [-0.4, -0.2) is 162 Å². The lowest BCUT2D eigenvalue weighted by molar-refractivity contribution is -0.138. The number of nitrogens with one attached hydrogen (secondary N) is 3. The number of hydrogen-bond acceptors (Lipinski definition) is 19. The minimum atomic E-state index is -0.849. The van der Waals surface area contributed by atoms with Crippen molar-refractivity contribution in [3.05, 3.63) is 130 Å². The third-order valence-corrected chi connectivity index (χ3v) is 16.4. The van der Waals surface area contributed by atoms with E-state index in [2.05, 4.69) is 69.8 Å². The lowest BCUT2D eigenvalue weighted by Gasteiger charge is -2.36. The number of piperazine rings is 2. The maximum Gasteiger partial charge on any atom is 0.303 e. The second kappa shape index (κ2) is 28.9. The number of aromatic hydroxyl groups is 2. The normalized spacial score (nSPS) is 17.6. The van der Waals surface area contributed by atoms with Crippen molar-refractivity contribution in [1.82, 2.24) is 51.0 Å². The predicted molar refractivity (Wildman–Crippen MR) is 335 cm³/mol. The number of amides is 7. The number of carbonyl (C=O) groups is 8. The Balaban J connectivity index is 0.000000166. The number of fused-ring (bicyclic) bond motifs is 2. The van der Waals surface area contributed by atoms with Gasteiger partial charge in [-0.05, 0) is 97.5 Å². The fourth-order valence-electron chi connectivity index (χ4n) is 11.6. The molecule has 0 radical (unpaired) electrons. The molecule has 6 aliphatic heterocycles. The van der Waals surface area contributed by atoms with Gasteiger partial charge in [0.15, 0.2) is 11.6 Å². The number of nitrogen functional groups attached to an aromatic ring is 2. The zero-order valence-corrected chi connectivity index (χ0v) is 49.8. The van der Waals surface area contributed by atoms with Gasteiger partial charge in [0.1, 0.15) is 23.6 Å². The summed E-state index contributed by atoms with van der Waals surface area (Å²) < 4.78 is 0. The molecule has 25 nitrogen and oxygen atoms in total. The summed E-state index contributed by atoms with van der Waals surface area (Å²) >= 11 is 0. The summed E-state index contributed by atoms with van der Waals surface area (Å²) in [5.41, 5.74) is 20.1. The van der Waals surface area contributed by atoms with E-state index in [-0.39, 0.29) is 73.4 Å². The smallest absolute Gasteiger partial charge is 0.303 e. The van der Waals surface area contributed by atoms with E-state index in [9.17, 15) is 48.6 Å². The standard InChI is InChI=1S/C33H33N7O5.C19H18N2O5.C14H17N5O/c34-31-27(19-25(36-37-31)23-9-4-5-11-28(23)41)38-15-17-39(18-16-38)30(43)12-3-1-2-7-21-8-6-10-22-24(21)20-40(33(22)45)26-13-14-29(42)35-32(26)44;22-16-10-9-15(18(25)20-16)21-11-14-12(5-2-1-3-8-17(23)24)6-4-7-13(14)19(21)26;15-14-12(19-7-5-16-6-8-19)9-11(17-18-14)10-3-1-2-4-13(10)20/h4-6,8-11,19,26,41H,1,3,12-18,20H2,(H2,34,37)(H,35,42,44);4,6-7,15H,1,3,8-11H2,(H,23,24)(H,20,22,25);1-4,9,16,20H,5-8H2,(H2,15,18). The number of nitrogens with two attached hydrogens (primary N) is 2. The highest BCUT2D eigenvalue weighted by Crippen LogP contribution is 2.35. The van der Waals surface area contributed by atoms with Crippen molar-refractivity contribution in [2.45, 2.75) is 89.4 Å². The zero-order valence-electron chi connectivity index (χ0n) is 49.8. The van der Waals surface area contributed by atoms with Gasteiger partial charge in [-0.15, -0.1) is 20.4 Å². The molecule has 12 rings (SSSR count). The third kappa shape index (κ3) is 15.0. The first-order valence-electron chi connectivity index (χ1n) is 30.1. The molecule has 2 unspecified atom stereocenters. The Bertz CT molecular complexity index is 3950. The zero-order chi connectivity index (χ0) is 64.1. The Morgan fingerprint density at radius 3 is 1.44 bits per heavy atom. The quantitative estimate of drug-likeness (QED) is 0.0488. The number of imide groups is 2. The number of aromatic nitrogens is 4. The van der Waals surface area contributed by atoms with Crippen LogP contribution in [0.3, 0.4) is 0 Å². The number of phenols is 2. The number of phenolic OH excluding ortho intramolecular Hbond substituents is 2. The van der Waals surface area contributed by atoms with Gasteiger partial charge in [-0.25, -0.2) is 0 Å². The summed E-state index contributed by atoms with van der Waals surface area (Å²) in [6, 6.07) is 27.0. The Hall–Kier alpha value is -10.9. The lowest BCUT2D eigenvalue weighted by atomic mass is 10.0. The van der Waals surface area contributed by atoms with Gasteiger partial charge < -0.3 is 56.6 Å².